The largest absolute Gasteiger partial charge is 0.315 e. The van der Waals surface area contributed by atoms with Gasteiger partial charge in [0.25, 0.3) is 0 Å². The molecule has 120 valence electrons. The molecule has 0 spiro atoms. The normalized spacial score (nSPS) is 27.0. The smallest absolute Gasteiger partial charge is 0.243 e. The Balaban J connectivity index is 1.72. The Kier molecular flexibility index (Phi) is 3.43. The zero-order valence-corrected chi connectivity index (χ0v) is 13.3. The van der Waals surface area contributed by atoms with E-state index in [0.29, 0.717) is 6.42 Å². The summed E-state index contributed by atoms with van der Waals surface area (Å²) in [6.07, 6.45) is 5.47. The Morgan fingerprint density at radius 1 is 1.13 bits per heavy atom. The molecule has 0 radical (unpaired) electrons. The van der Waals surface area contributed by atoms with Gasteiger partial charge in [-0.2, -0.15) is 5.10 Å². The lowest BCUT2D eigenvalue weighted by Gasteiger charge is -2.26. The van der Waals surface area contributed by atoms with E-state index in [9.17, 15) is 9.59 Å². The summed E-state index contributed by atoms with van der Waals surface area (Å²) in [6.45, 7) is 0. The Hall–Kier alpha value is -2.17. The molecule has 1 aromatic rings. The molecule has 5 nitrogen and oxygen atoms in total. The molecular weight excluding hydrogens is 290 g/mol. The number of aryl methyl sites for hydroxylation is 1. The number of rotatable bonds is 1. The number of hydrazone groups is 1. The van der Waals surface area contributed by atoms with E-state index in [4.69, 9.17) is 0 Å². The Morgan fingerprint density at radius 2 is 1.96 bits per heavy atom. The highest BCUT2D eigenvalue weighted by Gasteiger charge is 2.39. The van der Waals surface area contributed by atoms with Gasteiger partial charge in [0, 0.05) is 31.0 Å². The van der Waals surface area contributed by atoms with E-state index in [2.05, 4.69) is 16.6 Å². The van der Waals surface area contributed by atoms with E-state index in [1.807, 2.05) is 19.2 Å². The van der Waals surface area contributed by atoms with E-state index < -0.39 is 0 Å². The highest BCUT2D eigenvalue weighted by molar-refractivity contribution is 6.07. The summed E-state index contributed by atoms with van der Waals surface area (Å²) in [7, 11) is 1.84. The lowest BCUT2D eigenvalue weighted by atomic mass is 9.85. The minimum absolute atomic E-state index is 0.0661. The van der Waals surface area contributed by atoms with Gasteiger partial charge < -0.3 is 4.90 Å². The molecule has 1 aliphatic carbocycles. The lowest BCUT2D eigenvalue weighted by Crippen LogP contribution is -2.39. The van der Waals surface area contributed by atoms with Gasteiger partial charge in [0.15, 0.2) is 0 Å². The van der Waals surface area contributed by atoms with E-state index >= 15 is 0 Å². The molecule has 1 aromatic carbocycles. The SMILES string of the molecule is CN1C(=O)CCCc2cc(C3=NNC(=O)C4CCCC34)ccc21. The maximum Gasteiger partial charge on any atom is 0.243 e. The molecule has 2 unspecified atom stereocenters. The Labute approximate surface area is 135 Å². The highest BCUT2D eigenvalue weighted by atomic mass is 16.2. The van der Waals surface area contributed by atoms with Crippen LogP contribution in [0.15, 0.2) is 23.3 Å². The first-order valence-electron chi connectivity index (χ1n) is 8.42. The van der Waals surface area contributed by atoms with Crippen LogP contribution in [0.5, 0.6) is 0 Å². The number of anilines is 1. The van der Waals surface area contributed by atoms with Crippen LogP contribution in [0.1, 0.15) is 43.2 Å². The second kappa shape index (κ2) is 5.48. The number of carbonyl (C=O) groups is 2. The molecule has 1 fully saturated rings. The van der Waals surface area contributed by atoms with Crippen molar-refractivity contribution in [2.24, 2.45) is 16.9 Å². The van der Waals surface area contributed by atoms with Crippen molar-refractivity contribution in [3.05, 3.63) is 29.3 Å². The minimum atomic E-state index is 0.0661. The van der Waals surface area contributed by atoms with Crippen LogP contribution in [0.3, 0.4) is 0 Å². The van der Waals surface area contributed by atoms with Crippen LogP contribution in [-0.4, -0.2) is 24.6 Å². The number of nitrogens with zero attached hydrogens (tertiary/aromatic N) is 2. The van der Waals surface area contributed by atoms with Crippen LogP contribution in [0.25, 0.3) is 0 Å². The van der Waals surface area contributed by atoms with Crippen LogP contribution in [-0.2, 0) is 16.0 Å². The first kappa shape index (κ1) is 14.4. The third-order valence-corrected chi connectivity index (χ3v) is 5.44. The van der Waals surface area contributed by atoms with Crippen molar-refractivity contribution in [2.45, 2.75) is 38.5 Å². The van der Waals surface area contributed by atoms with Gasteiger partial charge in [0.2, 0.25) is 11.8 Å². The summed E-state index contributed by atoms with van der Waals surface area (Å²) in [6, 6.07) is 6.23. The van der Waals surface area contributed by atoms with Crippen molar-refractivity contribution in [2.75, 3.05) is 11.9 Å². The Bertz CT molecular complexity index is 710. The van der Waals surface area contributed by atoms with Crippen molar-refractivity contribution >= 4 is 23.2 Å². The fourth-order valence-electron chi connectivity index (χ4n) is 4.17. The van der Waals surface area contributed by atoms with Gasteiger partial charge in [-0.1, -0.05) is 12.5 Å². The van der Waals surface area contributed by atoms with Gasteiger partial charge in [0.1, 0.15) is 0 Å². The second-order valence-corrected chi connectivity index (χ2v) is 6.77. The third kappa shape index (κ3) is 2.35. The van der Waals surface area contributed by atoms with Crippen LogP contribution in [0.4, 0.5) is 5.69 Å². The number of nitrogens with one attached hydrogen (secondary N) is 1. The molecule has 0 aromatic heterocycles. The van der Waals surface area contributed by atoms with Crippen molar-refractivity contribution in [3.8, 4) is 0 Å². The molecule has 0 bridgehead atoms. The van der Waals surface area contributed by atoms with Gasteiger partial charge in [-0.05, 0) is 48.9 Å². The van der Waals surface area contributed by atoms with E-state index in [-0.39, 0.29) is 23.7 Å². The monoisotopic (exact) mass is 311 g/mol. The Morgan fingerprint density at radius 3 is 2.83 bits per heavy atom. The topological polar surface area (TPSA) is 61.8 Å². The predicted octanol–water partition coefficient (Wildman–Crippen LogP) is 2.24. The molecule has 1 N–H and O–H groups in total. The standard InChI is InChI=1S/C18H21N3O2/c1-21-15-9-8-12(10-11(15)4-2-7-16(21)22)17-13-5-3-6-14(13)18(23)20-19-17/h8-10,13-14H,2-7H2,1H3,(H,20,23). The van der Waals surface area contributed by atoms with E-state index in [1.165, 1.54) is 5.56 Å². The van der Waals surface area contributed by atoms with Gasteiger partial charge in [-0.3, -0.25) is 9.59 Å². The van der Waals surface area contributed by atoms with E-state index in [1.54, 1.807) is 4.90 Å². The fourth-order valence-corrected chi connectivity index (χ4v) is 4.17. The molecule has 2 atom stereocenters. The number of carbonyl (C=O) groups excluding carboxylic acids is 2. The molecular formula is C18H21N3O2. The lowest BCUT2D eigenvalue weighted by molar-refractivity contribution is -0.126. The zero-order chi connectivity index (χ0) is 16.0. The maximum atomic E-state index is 12.0. The summed E-state index contributed by atoms with van der Waals surface area (Å²) in [4.78, 5) is 25.7. The number of amides is 2. The zero-order valence-electron chi connectivity index (χ0n) is 13.3. The number of hydrogen-bond donors (Lipinski definition) is 1. The quantitative estimate of drug-likeness (QED) is 0.864. The van der Waals surface area contributed by atoms with Crippen LogP contribution in [0.2, 0.25) is 0 Å². The van der Waals surface area contributed by atoms with E-state index in [0.717, 1.165) is 49.1 Å². The van der Waals surface area contributed by atoms with Gasteiger partial charge in [-0.25, -0.2) is 5.43 Å². The van der Waals surface area contributed by atoms with Crippen LogP contribution >= 0.6 is 0 Å². The molecule has 4 rings (SSSR count). The van der Waals surface area contributed by atoms with Crippen molar-refractivity contribution in [3.63, 3.8) is 0 Å². The highest BCUT2D eigenvalue weighted by Crippen LogP contribution is 2.37. The molecule has 0 saturated heterocycles. The van der Waals surface area contributed by atoms with Gasteiger partial charge in [-0.15, -0.1) is 0 Å². The molecule has 23 heavy (non-hydrogen) atoms. The van der Waals surface area contributed by atoms with Crippen LogP contribution < -0.4 is 10.3 Å². The second-order valence-electron chi connectivity index (χ2n) is 6.77. The third-order valence-electron chi connectivity index (χ3n) is 5.44. The first-order chi connectivity index (χ1) is 11.1. The molecule has 2 amide bonds. The average molecular weight is 311 g/mol. The van der Waals surface area contributed by atoms with Gasteiger partial charge in [0.05, 0.1) is 5.71 Å². The summed E-state index contributed by atoms with van der Waals surface area (Å²) in [5, 5.41) is 4.37. The molecule has 1 saturated carbocycles. The molecule has 3 aliphatic rings. The predicted molar refractivity (Wildman–Crippen MR) is 88.3 cm³/mol. The van der Waals surface area contributed by atoms with Crippen molar-refractivity contribution < 1.29 is 9.59 Å². The molecule has 2 aliphatic heterocycles. The minimum Gasteiger partial charge on any atom is -0.315 e. The number of fused-ring (bicyclic) bond motifs is 2. The fraction of sp³-hybridized carbons (Fsp3) is 0.500. The maximum absolute atomic E-state index is 12.0. The number of hydrogen-bond acceptors (Lipinski definition) is 3. The average Bonchev–Trinajstić information content (AvgIpc) is 3.00. The van der Waals surface area contributed by atoms with Crippen molar-refractivity contribution in [1.82, 2.24) is 5.43 Å². The molecule has 2 heterocycles. The summed E-state index contributed by atoms with van der Waals surface area (Å²) in [5.41, 5.74) is 6.99. The summed E-state index contributed by atoms with van der Waals surface area (Å²) < 4.78 is 0. The van der Waals surface area contributed by atoms with Gasteiger partial charge >= 0.3 is 0 Å². The summed E-state index contributed by atoms with van der Waals surface area (Å²) >= 11 is 0. The summed E-state index contributed by atoms with van der Waals surface area (Å²) in [5.74, 6) is 0.559. The molecule has 5 heteroatoms. The number of benzene rings is 1. The first-order valence-corrected chi connectivity index (χ1v) is 8.42. The van der Waals surface area contributed by atoms with Crippen molar-refractivity contribution in [1.29, 1.82) is 0 Å². The van der Waals surface area contributed by atoms with Crippen LogP contribution in [0, 0.1) is 11.8 Å².